The Labute approximate surface area is 108 Å². The summed E-state index contributed by atoms with van der Waals surface area (Å²) in [5.41, 5.74) is 5.39. The van der Waals surface area contributed by atoms with Gasteiger partial charge in [0.1, 0.15) is 0 Å². The lowest BCUT2D eigenvalue weighted by Crippen LogP contribution is -2.37. The van der Waals surface area contributed by atoms with Crippen LogP contribution in [0, 0.1) is 0 Å². The molecule has 0 bridgehead atoms. The van der Waals surface area contributed by atoms with Gasteiger partial charge in [0.25, 0.3) is 0 Å². The Hall–Kier alpha value is -1.56. The Morgan fingerprint density at radius 3 is 3.00 bits per heavy atom. The Balaban J connectivity index is 2.07. The molecule has 0 radical (unpaired) electrons. The van der Waals surface area contributed by atoms with Gasteiger partial charge in [-0.2, -0.15) is 0 Å². The van der Waals surface area contributed by atoms with Crippen LogP contribution in [0.25, 0.3) is 0 Å². The summed E-state index contributed by atoms with van der Waals surface area (Å²) in [6.45, 7) is 3.32. The zero-order valence-corrected chi connectivity index (χ0v) is 10.9. The van der Waals surface area contributed by atoms with Gasteiger partial charge in [-0.3, -0.25) is 4.79 Å². The van der Waals surface area contributed by atoms with E-state index in [1.165, 1.54) is 0 Å². The highest BCUT2D eigenvalue weighted by molar-refractivity contribution is 5.76. The van der Waals surface area contributed by atoms with Gasteiger partial charge in [0.05, 0.1) is 0 Å². The van der Waals surface area contributed by atoms with Crippen molar-refractivity contribution in [1.29, 1.82) is 0 Å². The number of aromatic nitrogens is 2. The van der Waals surface area contributed by atoms with Crippen molar-refractivity contribution in [2.45, 2.75) is 38.6 Å². The Bertz CT molecular complexity index is 325. The van der Waals surface area contributed by atoms with Crippen LogP contribution < -0.4 is 16.4 Å². The number of hydrogen-bond donors (Lipinski definition) is 4. The molecule has 0 saturated heterocycles. The van der Waals surface area contributed by atoms with Crippen LogP contribution in [0.15, 0.2) is 12.4 Å². The van der Waals surface area contributed by atoms with Crippen LogP contribution in [-0.4, -0.2) is 35.0 Å². The number of nitrogens with two attached hydrogens (primary N) is 1. The van der Waals surface area contributed by atoms with Crippen molar-refractivity contribution < 1.29 is 4.79 Å². The lowest BCUT2D eigenvalue weighted by atomic mass is 10.2. The predicted molar refractivity (Wildman–Crippen MR) is 72.2 cm³/mol. The van der Waals surface area contributed by atoms with Crippen molar-refractivity contribution in [3.05, 3.63) is 12.4 Å². The van der Waals surface area contributed by atoms with E-state index >= 15 is 0 Å². The van der Waals surface area contributed by atoms with E-state index in [1.54, 1.807) is 12.4 Å². The lowest BCUT2D eigenvalue weighted by molar-refractivity contribution is -0.121. The van der Waals surface area contributed by atoms with Crippen LogP contribution in [0.1, 0.15) is 32.6 Å². The number of H-pyrrole nitrogens is 1. The summed E-state index contributed by atoms with van der Waals surface area (Å²) in [4.78, 5) is 18.6. The van der Waals surface area contributed by atoms with E-state index in [0.717, 1.165) is 25.2 Å². The fourth-order valence-electron chi connectivity index (χ4n) is 1.62. The van der Waals surface area contributed by atoms with Gasteiger partial charge in [-0.05, 0) is 26.3 Å². The third-order valence-corrected chi connectivity index (χ3v) is 2.59. The number of hydrogen-bond acceptors (Lipinski definition) is 4. The minimum atomic E-state index is 0.0807. The highest BCUT2D eigenvalue weighted by Crippen LogP contribution is 1.99. The number of imidazole rings is 1. The van der Waals surface area contributed by atoms with Crippen molar-refractivity contribution in [1.82, 2.24) is 15.3 Å². The molecule has 5 N–H and O–H groups in total. The average Bonchev–Trinajstić information content (AvgIpc) is 2.85. The molecule has 1 heterocycles. The molecule has 0 spiro atoms. The molecule has 0 aliphatic rings. The first-order valence-electron chi connectivity index (χ1n) is 6.45. The molecule has 1 unspecified atom stereocenters. The summed E-state index contributed by atoms with van der Waals surface area (Å²) < 4.78 is 0. The fourth-order valence-corrected chi connectivity index (χ4v) is 1.62. The number of unbranched alkanes of at least 4 members (excludes halogenated alkanes) is 2. The summed E-state index contributed by atoms with van der Waals surface area (Å²) in [6, 6.07) is 0.0807. The van der Waals surface area contributed by atoms with Gasteiger partial charge in [0, 0.05) is 31.4 Å². The fraction of sp³-hybridized carbons (Fsp3) is 0.667. The number of aromatic amines is 1. The minimum absolute atomic E-state index is 0.0807. The third-order valence-electron chi connectivity index (χ3n) is 2.59. The monoisotopic (exact) mass is 253 g/mol. The average molecular weight is 253 g/mol. The second-order valence-electron chi connectivity index (χ2n) is 4.39. The van der Waals surface area contributed by atoms with Gasteiger partial charge in [-0.15, -0.1) is 0 Å². The largest absolute Gasteiger partial charge is 0.354 e. The summed E-state index contributed by atoms with van der Waals surface area (Å²) in [6.07, 6.45) is 6.92. The normalized spacial score (nSPS) is 12.1. The van der Waals surface area contributed by atoms with E-state index < -0.39 is 0 Å². The van der Waals surface area contributed by atoms with Gasteiger partial charge in [-0.25, -0.2) is 4.98 Å². The first-order chi connectivity index (χ1) is 8.72. The van der Waals surface area contributed by atoms with Crippen molar-refractivity contribution in [2.24, 2.45) is 5.73 Å². The second kappa shape index (κ2) is 8.52. The molecule has 1 aromatic heterocycles. The molecule has 6 heteroatoms. The Morgan fingerprint density at radius 1 is 1.50 bits per heavy atom. The first-order valence-corrected chi connectivity index (χ1v) is 6.45. The standard InChI is InChI=1S/C12H23N5O/c1-10(9-16-12-14-7-8-15-12)17-11(18)5-3-2-4-6-13/h7-8,10H,2-6,9,13H2,1H3,(H,17,18)(H2,14,15,16). The third kappa shape index (κ3) is 6.24. The molecule has 0 fully saturated rings. The van der Waals surface area contributed by atoms with Crippen LogP contribution in [0.4, 0.5) is 5.95 Å². The van der Waals surface area contributed by atoms with Gasteiger partial charge in [0.15, 0.2) is 5.95 Å². The van der Waals surface area contributed by atoms with Gasteiger partial charge < -0.3 is 21.4 Å². The van der Waals surface area contributed by atoms with Crippen LogP contribution >= 0.6 is 0 Å². The highest BCUT2D eigenvalue weighted by Gasteiger charge is 2.07. The smallest absolute Gasteiger partial charge is 0.220 e. The first kappa shape index (κ1) is 14.5. The van der Waals surface area contributed by atoms with Gasteiger partial charge in [0.2, 0.25) is 5.91 Å². The summed E-state index contributed by atoms with van der Waals surface area (Å²) in [7, 11) is 0. The number of rotatable bonds is 9. The summed E-state index contributed by atoms with van der Waals surface area (Å²) in [5, 5.41) is 6.05. The molecule has 1 aromatic rings. The predicted octanol–water partition coefficient (Wildman–Crippen LogP) is 0.845. The molecule has 18 heavy (non-hydrogen) atoms. The van der Waals surface area contributed by atoms with E-state index in [0.29, 0.717) is 19.5 Å². The van der Waals surface area contributed by atoms with E-state index in [9.17, 15) is 4.79 Å². The number of nitrogens with zero attached hydrogens (tertiary/aromatic N) is 1. The van der Waals surface area contributed by atoms with Crippen molar-refractivity contribution in [3.63, 3.8) is 0 Å². The number of carbonyl (C=O) groups excluding carboxylic acids is 1. The molecule has 6 nitrogen and oxygen atoms in total. The van der Waals surface area contributed by atoms with E-state index in [4.69, 9.17) is 5.73 Å². The zero-order chi connectivity index (χ0) is 13.2. The number of carbonyl (C=O) groups is 1. The van der Waals surface area contributed by atoms with Crippen LogP contribution in [0.5, 0.6) is 0 Å². The maximum Gasteiger partial charge on any atom is 0.220 e. The molecule has 0 aliphatic heterocycles. The Kier molecular flexibility index (Phi) is 6.86. The van der Waals surface area contributed by atoms with Crippen LogP contribution in [-0.2, 0) is 4.79 Å². The summed E-state index contributed by atoms with van der Waals surface area (Å²) >= 11 is 0. The molecule has 0 saturated carbocycles. The van der Waals surface area contributed by atoms with Crippen molar-refractivity contribution in [3.8, 4) is 0 Å². The van der Waals surface area contributed by atoms with Crippen LogP contribution in [0.2, 0.25) is 0 Å². The second-order valence-corrected chi connectivity index (χ2v) is 4.39. The van der Waals surface area contributed by atoms with E-state index in [-0.39, 0.29) is 11.9 Å². The topological polar surface area (TPSA) is 95.8 Å². The lowest BCUT2D eigenvalue weighted by Gasteiger charge is -2.14. The SMILES string of the molecule is CC(CNc1ncc[nH]1)NC(=O)CCCCCN. The molecular formula is C12H23N5O. The quantitative estimate of drug-likeness (QED) is 0.490. The number of anilines is 1. The zero-order valence-electron chi connectivity index (χ0n) is 10.9. The molecule has 0 aromatic carbocycles. The molecule has 1 atom stereocenters. The number of amides is 1. The van der Waals surface area contributed by atoms with Crippen molar-refractivity contribution >= 4 is 11.9 Å². The van der Waals surface area contributed by atoms with Crippen LogP contribution in [0.3, 0.4) is 0 Å². The molecule has 1 amide bonds. The molecule has 0 aliphatic carbocycles. The molecule has 102 valence electrons. The number of nitrogens with one attached hydrogen (secondary N) is 3. The Morgan fingerprint density at radius 2 is 2.33 bits per heavy atom. The van der Waals surface area contributed by atoms with Gasteiger partial charge >= 0.3 is 0 Å². The van der Waals surface area contributed by atoms with E-state index in [2.05, 4.69) is 20.6 Å². The minimum Gasteiger partial charge on any atom is -0.354 e. The van der Waals surface area contributed by atoms with Gasteiger partial charge in [-0.1, -0.05) is 6.42 Å². The maximum atomic E-state index is 11.6. The molecule has 1 rings (SSSR count). The van der Waals surface area contributed by atoms with E-state index in [1.807, 2.05) is 6.92 Å². The molecular weight excluding hydrogens is 230 g/mol. The summed E-state index contributed by atoms with van der Waals surface area (Å²) in [5.74, 6) is 0.819. The maximum absolute atomic E-state index is 11.6. The highest BCUT2D eigenvalue weighted by atomic mass is 16.1. The van der Waals surface area contributed by atoms with Crippen molar-refractivity contribution in [2.75, 3.05) is 18.4 Å².